The lowest BCUT2D eigenvalue weighted by atomic mass is 10.1. The summed E-state index contributed by atoms with van der Waals surface area (Å²) in [5.41, 5.74) is 1.56. The van der Waals surface area contributed by atoms with E-state index in [1.807, 2.05) is 0 Å². The molecule has 74 valence electrons. The van der Waals surface area contributed by atoms with Crippen LogP contribution in [0.25, 0.3) is 0 Å². The van der Waals surface area contributed by atoms with Gasteiger partial charge in [-0.15, -0.1) is 4.68 Å². The van der Waals surface area contributed by atoms with Crippen LogP contribution < -0.4 is 4.68 Å². The van der Waals surface area contributed by atoms with E-state index in [0.29, 0.717) is 0 Å². The molecule has 2 nitrogen and oxygen atoms in total. The molecule has 1 rings (SSSR count). The first kappa shape index (κ1) is 10.3. The molecule has 1 aromatic heterocycles. The van der Waals surface area contributed by atoms with Crippen molar-refractivity contribution in [2.75, 3.05) is 0 Å². The topological polar surface area (TPSA) is 19.7 Å². The van der Waals surface area contributed by atoms with Crippen molar-refractivity contribution in [2.24, 2.45) is 5.92 Å². The van der Waals surface area contributed by atoms with Crippen LogP contribution in [-0.2, 0) is 12.0 Å². The monoisotopic (exact) mass is 181 g/mol. The number of aromatic nitrogens is 2. The van der Waals surface area contributed by atoms with Crippen molar-refractivity contribution in [1.29, 1.82) is 0 Å². The van der Waals surface area contributed by atoms with Crippen molar-refractivity contribution < 1.29 is 4.68 Å². The second-order valence-corrected chi connectivity index (χ2v) is 5.12. The highest BCUT2D eigenvalue weighted by Crippen LogP contribution is 2.07. The summed E-state index contributed by atoms with van der Waals surface area (Å²) >= 11 is 0. The predicted octanol–water partition coefficient (Wildman–Crippen LogP) is 2.26. The summed E-state index contributed by atoms with van der Waals surface area (Å²) in [4.78, 5) is 0. The molecule has 0 atom stereocenters. The van der Waals surface area contributed by atoms with Gasteiger partial charge in [0.15, 0.2) is 11.7 Å². The van der Waals surface area contributed by atoms with Gasteiger partial charge in [-0.05, 0) is 12.3 Å². The van der Waals surface area contributed by atoms with E-state index >= 15 is 0 Å². The molecule has 0 aliphatic carbocycles. The largest absolute Gasteiger partial charge is 0.199 e. The first-order valence-corrected chi connectivity index (χ1v) is 4.99. The standard InChI is InChI=1S/C11H20N2/c1-9(2)6-10-7-12-13(8-10)11(3,4)5/h7-9H,6H2,1-5H3/p+1. The molecule has 2 heteroatoms. The molecule has 0 saturated heterocycles. The van der Waals surface area contributed by atoms with Crippen LogP contribution in [0.2, 0.25) is 0 Å². The third-order valence-electron chi connectivity index (χ3n) is 2.05. The van der Waals surface area contributed by atoms with Gasteiger partial charge in [0.05, 0.1) is 6.20 Å². The Bertz CT molecular complexity index is 266. The first-order chi connectivity index (χ1) is 5.89. The number of nitrogens with zero attached hydrogens (tertiary/aromatic N) is 1. The molecule has 0 aliphatic rings. The molecule has 1 heterocycles. The maximum absolute atomic E-state index is 3.27. The van der Waals surface area contributed by atoms with Crippen LogP contribution in [0.3, 0.4) is 0 Å². The maximum Gasteiger partial charge on any atom is 0.199 e. The highest BCUT2D eigenvalue weighted by atomic mass is 15.3. The van der Waals surface area contributed by atoms with Crippen LogP contribution >= 0.6 is 0 Å². The molecule has 0 bridgehead atoms. The Kier molecular flexibility index (Phi) is 2.79. The van der Waals surface area contributed by atoms with E-state index < -0.39 is 0 Å². The van der Waals surface area contributed by atoms with Crippen LogP contribution in [0.5, 0.6) is 0 Å². The lowest BCUT2D eigenvalue weighted by molar-refractivity contribution is -0.802. The van der Waals surface area contributed by atoms with Gasteiger partial charge >= 0.3 is 0 Å². The van der Waals surface area contributed by atoms with Gasteiger partial charge in [0.1, 0.15) is 0 Å². The molecule has 13 heavy (non-hydrogen) atoms. The van der Waals surface area contributed by atoms with E-state index in [9.17, 15) is 0 Å². The summed E-state index contributed by atoms with van der Waals surface area (Å²) < 4.78 is 2.16. The van der Waals surface area contributed by atoms with E-state index in [4.69, 9.17) is 0 Å². The average molecular weight is 181 g/mol. The zero-order chi connectivity index (χ0) is 10.1. The van der Waals surface area contributed by atoms with Gasteiger partial charge in [-0.25, -0.2) is 0 Å². The number of aromatic amines is 1. The summed E-state index contributed by atoms with van der Waals surface area (Å²) in [6.07, 6.45) is 5.46. The first-order valence-electron chi connectivity index (χ1n) is 4.99. The molecule has 0 spiro atoms. The Balaban J connectivity index is 2.75. The minimum Gasteiger partial charge on any atom is -0.172 e. The van der Waals surface area contributed by atoms with Gasteiger partial charge in [0, 0.05) is 26.3 Å². The summed E-state index contributed by atoms with van der Waals surface area (Å²) in [5.74, 6) is 0.726. The highest BCUT2D eigenvalue weighted by Gasteiger charge is 2.23. The summed E-state index contributed by atoms with van der Waals surface area (Å²) in [7, 11) is 0. The number of rotatable bonds is 2. The van der Waals surface area contributed by atoms with E-state index in [0.717, 1.165) is 12.3 Å². The van der Waals surface area contributed by atoms with Crippen LogP contribution in [0.4, 0.5) is 0 Å². The van der Waals surface area contributed by atoms with Crippen LogP contribution in [0.15, 0.2) is 12.4 Å². The number of nitrogens with one attached hydrogen (secondary N) is 1. The molecule has 1 N–H and O–H groups in total. The van der Waals surface area contributed by atoms with Gasteiger partial charge in [-0.2, -0.15) is 5.10 Å². The SMILES string of the molecule is CC(C)Cc1c[nH][n+](C(C)(C)C)c1. The molecule has 0 aliphatic heterocycles. The van der Waals surface area contributed by atoms with Gasteiger partial charge < -0.3 is 0 Å². The summed E-state index contributed by atoms with van der Waals surface area (Å²) in [5, 5.41) is 3.27. The lowest BCUT2D eigenvalue weighted by Gasteiger charge is -2.08. The van der Waals surface area contributed by atoms with Crippen molar-refractivity contribution in [3.63, 3.8) is 0 Å². The van der Waals surface area contributed by atoms with Crippen molar-refractivity contribution in [2.45, 2.75) is 46.6 Å². The Labute approximate surface area is 81.0 Å². The van der Waals surface area contributed by atoms with E-state index in [-0.39, 0.29) is 5.54 Å². The van der Waals surface area contributed by atoms with Gasteiger partial charge in [-0.1, -0.05) is 13.8 Å². The normalized spacial score (nSPS) is 12.5. The maximum atomic E-state index is 3.27. The zero-order valence-corrected chi connectivity index (χ0v) is 9.39. The van der Waals surface area contributed by atoms with Crippen molar-refractivity contribution in [3.8, 4) is 0 Å². The molecule has 0 amide bonds. The minimum absolute atomic E-state index is 0.162. The Morgan fingerprint density at radius 3 is 2.38 bits per heavy atom. The second kappa shape index (κ2) is 3.52. The molecular formula is C11H21N2+. The minimum atomic E-state index is 0.162. The number of hydrogen-bond donors (Lipinski definition) is 1. The molecule has 0 saturated carbocycles. The van der Waals surface area contributed by atoms with Crippen LogP contribution in [-0.4, -0.2) is 5.10 Å². The number of H-pyrrole nitrogens is 1. The zero-order valence-electron chi connectivity index (χ0n) is 9.39. The smallest absolute Gasteiger partial charge is 0.172 e. The highest BCUT2D eigenvalue weighted by molar-refractivity contribution is 5.00. The van der Waals surface area contributed by atoms with Gasteiger partial charge in [-0.3, -0.25) is 0 Å². The van der Waals surface area contributed by atoms with Crippen molar-refractivity contribution >= 4 is 0 Å². The van der Waals surface area contributed by atoms with E-state index in [1.54, 1.807) is 0 Å². The molecule has 0 unspecified atom stereocenters. The molecule has 0 fully saturated rings. The fourth-order valence-electron chi connectivity index (χ4n) is 1.36. The quantitative estimate of drug-likeness (QED) is 0.675. The van der Waals surface area contributed by atoms with E-state index in [1.165, 1.54) is 5.56 Å². The van der Waals surface area contributed by atoms with Gasteiger partial charge in [0.25, 0.3) is 0 Å². The lowest BCUT2D eigenvalue weighted by Crippen LogP contribution is -2.51. The van der Waals surface area contributed by atoms with E-state index in [2.05, 4.69) is 56.8 Å². The fraction of sp³-hybridized carbons (Fsp3) is 0.727. The third-order valence-corrected chi connectivity index (χ3v) is 2.05. The number of hydrogen-bond acceptors (Lipinski definition) is 0. The molecular weight excluding hydrogens is 160 g/mol. The average Bonchev–Trinajstić information content (AvgIpc) is 2.32. The molecule has 0 aromatic carbocycles. The summed E-state index contributed by atoms with van der Waals surface area (Å²) in [6.45, 7) is 11.1. The predicted molar refractivity (Wildman–Crippen MR) is 54.5 cm³/mol. The summed E-state index contributed by atoms with van der Waals surface area (Å²) in [6, 6.07) is 0. The van der Waals surface area contributed by atoms with Crippen molar-refractivity contribution in [1.82, 2.24) is 5.10 Å². The fourth-order valence-corrected chi connectivity index (χ4v) is 1.36. The Morgan fingerprint density at radius 2 is 2.00 bits per heavy atom. The Morgan fingerprint density at radius 1 is 1.38 bits per heavy atom. The third kappa shape index (κ3) is 2.87. The molecule has 1 aromatic rings. The van der Waals surface area contributed by atoms with Gasteiger partial charge in [0.2, 0.25) is 0 Å². The van der Waals surface area contributed by atoms with Crippen molar-refractivity contribution in [3.05, 3.63) is 18.0 Å². The van der Waals surface area contributed by atoms with Crippen LogP contribution in [0, 0.1) is 5.92 Å². The second-order valence-electron chi connectivity index (χ2n) is 5.12. The Hall–Kier alpha value is -0.790. The van der Waals surface area contributed by atoms with Crippen LogP contribution in [0.1, 0.15) is 40.2 Å². The molecule has 0 radical (unpaired) electrons.